The highest BCUT2D eigenvalue weighted by Crippen LogP contribution is 2.16. The molecule has 0 radical (unpaired) electrons. The summed E-state index contributed by atoms with van der Waals surface area (Å²) in [6.45, 7) is 9.93. The van der Waals surface area contributed by atoms with Crippen molar-refractivity contribution in [1.82, 2.24) is 30.3 Å². The number of guanidine groups is 1. The van der Waals surface area contributed by atoms with E-state index >= 15 is 0 Å². The number of piperidine rings is 1. The molecule has 0 aliphatic carbocycles. The van der Waals surface area contributed by atoms with E-state index < -0.39 is 0 Å². The van der Waals surface area contributed by atoms with Crippen LogP contribution >= 0.6 is 0 Å². The first-order valence-corrected chi connectivity index (χ1v) is 12.0. The molecule has 176 valence electrons. The van der Waals surface area contributed by atoms with Gasteiger partial charge in [-0.25, -0.2) is 4.99 Å². The van der Waals surface area contributed by atoms with Crippen LogP contribution in [0, 0.1) is 0 Å². The predicted molar refractivity (Wildman–Crippen MR) is 129 cm³/mol. The Morgan fingerprint density at radius 1 is 1.16 bits per heavy atom. The fourth-order valence-electron chi connectivity index (χ4n) is 4.09. The summed E-state index contributed by atoms with van der Waals surface area (Å²) in [5, 5.41) is 15.2. The molecule has 1 saturated heterocycles. The molecule has 1 aromatic carbocycles. The van der Waals surface area contributed by atoms with Crippen molar-refractivity contribution in [2.75, 3.05) is 33.3 Å². The van der Waals surface area contributed by atoms with Crippen LogP contribution in [0.15, 0.2) is 35.6 Å². The van der Waals surface area contributed by atoms with Gasteiger partial charge >= 0.3 is 0 Å². The lowest BCUT2D eigenvalue weighted by Gasteiger charge is -2.33. The number of aryl methyl sites for hydroxylation is 1. The van der Waals surface area contributed by atoms with Crippen LogP contribution in [0.4, 0.5) is 0 Å². The van der Waals surface area contributed by atoms with Crippen LogP contribution in [-0.2, 0) is 19.5 Å². The van der Waals surface area contributed by atoms with Crippen molar-refractivity contribution in [3.05, 3.63) is 42.0 Å². The largest absolute Gasteiger partial charge is 0.497 e. The number of ether oxygens (including phenoxy) is 1. The van der Waals surface area contributed by atoms with Crippen LogP contribution in [0.25, 0.3) is 0 Å². The Kier molecular flexibility index (Phi) is 9.81. The topological polar surface area (TPSA) is 79.6 Å². The molecule has 3 rings (SSSR count). The maximum absolute atomic E-state index is 5.25. The smallest absolute Gasteiger partial charge is 0.191 e. The number of rotatable bonds is 11. The molecule has 2 aromatic rings. The predicted octanol–water partition coefficient (Wildman–Crippen LogP) is 2.85. The standard InChI is InChI=1S/C24H39N7O/c1-4-23-29-28-19-31(23)17-14-26-24(27-18-21-9-11-22(32-3)12-10-21)25-13-7-16-30-15-6-5-8-20(30)2/h9-12,19-20H,4-8,13-18H2,1-3H3,(H2,25,26,27). The molecule has 2 heterocycles. The Labute approximate surface area is 192 Å². The second-order valence-electron chi connectivity index (χ2n) is 8.39. The molecule has 1 aromatic heterocycles. The van der Waals surface area contributed by atoms with E-state index in [9.17, 15) is 0 Å². The average Bonchev–Trinajstić information content (AvgIpc) is 3.28. The molecule has 0 spiro atoms. The van der Waals surface area contributed by atoms with Gasteiger partial charge < -0.3 is 24.8 Å². The highest BCUT2D eigenvalue weighted by molar-refractivity contribution is 5.79. The Balaban J connectivity index is 1.51. The Morgan fingerprint density at radius 3 is 2.72 bits per heavy atom. The van der Waals surface area contributed by atoms with E-state index in [0.29, 0.717) is 12.6 Å². The van der Waals surface area contributed by atoms with Gasteiger partial charge in [-0.15, -0.1) is 10.2 Å². The first-order chi connectivity index (χ1) is 15.7. The summed E-state index contributed by atoms with van der Waals surface area (Å²) in [6, 6.07) is 8.78. The van der Waals surface area contributed by atoms with Crippen molar-refractivity contribution in [3.8, 4) is 5.75 Å². The van der Waals surface area contributed by atoms with Crippen molar-refractivity contribution in [3.63, 3.8) is 0 Å². The number of hydrogen-bond donors (Lipinski definition) is 2. The van der Waals surface area contributed by atoms with E-state index in [-0.39, 0.29) is 0 Å². The van der Waals surface area contributed by atoms with Gasteiger partial charge in [0, 0.05) is 38.6 Å². The molecule has 8 nitrogen and oxygen atoms in total. The lowest BCUT2D eigenvalue weighted by atomic mass is 10.0. The lowest BCUT2D eigenvalue weighted by molar-refractivity contribution is 0.159. The zero-order valence-electron chi connectivity index (χ0n) is 19.9. The van der Waals surface area contributed by atoms with Gasteiger partial charge in [-0.05, 0) is 50.4 Å². The van der Waals surface area contributed by atoms with E-state index in [1.807, 2.05) is 12.1 Å². The van der Waals surface area contributed by atoms with Gasteiger partial charge in [-0.2, -0.15) is 0 Å². The van der Waals surface area contributed by atoms with Crippen LogP contribution in [0.3, 0.4) is 0 Å². The molecule has 8 heteroatoms. The number of aromatic nitrogens is 3. The number of methoxy groups -OCH3 is 1. The zero-order chi connectivity index (χ0) is 22.6. The van der Waals surface area contributed by atoms with E-state index in [0.717, 1.165) is 62.1 Å². The van der Waals surface area contributed by atoms with E-state index in [2.05, 4.69) is 56.3 Å². The molecule has 0 bridgehead atoms. The molecular formula is C24H39N7O. The highest BCUT2D eigenvalue weighted by atomic mass is 16.5. The van der Waals surface area contributed by atoms with E-state index in [1.165, 1.54) is 25.8 Å². The van der Waals surface area contributed by atoms with Gasteiger partial charge in [0.05, 0.1) is 13.7 Å². The summed E-state index contributed by atoms with van der Waals surface area (Å²) >= 11 is 0. The van der Waals surface area contributed by atoms with Gasteiger partial charge in [-0.1, -0.05) is 25.5 Å². The average molecular weight is 442 g/mol. The number of hydrogen-bond acceptors (Lipinski definition) is 5. The van der Waals surface area contributed by atoms with Crippen LogP contribution in [0.1, 0.15) is 50.9 Å². The van der Waals surface area contributed by atoms with Gasteiger partial charge in [0.2, 0.25) is 0 Å². The van der Waals surface area contributed by atoms with E-state index in [4.69, 9.17) is 9.73 Å². The Morgan fingerprint density at radius 2 is 1.97 bits per heavy atom. The summed E-state index contributed by atoms with van der Waals surface area (Å²) in [6.07, 6.45) is 7.81. The first-order valence-electron chi connectivity index (χ1n) is 12.0. The molecule has 2 N–H and O–H groups in total. The molecule has 1 fully saturated rings. The molecule has 1 atom stereocenters. The van der Waals surface area contributed by atoms with Crippen molar-refractivity contribution in [2.45, 2.75) is 65.1 Å². The number of nitrogens with zero attached hydrogens (tertiary/aromatic N) is 5. The lowest BCUT2D eigenvalue weighted by Crippen LogP contribution is -2.42. The van der Waals surface area contributed by atoms with Crippen molar-refractivity contribution in [2.24, 2.45) is 4.99 Å². The van der Waals surface area contributed by atoms with Crippen molar-refractivity contribution >= 4 is 5.96 Å². The summed E-state index contributed by atoms with van der Waals surface area (Å²) in [5.41, 5.74) is 1.15. The molecule has 0 saturated carbocycles. The highest BCUT2D eigenvalue weighted by Gasteiger charge is 2.17. The maximum Gasteiger partial charge on any atom is 0.191 e. The Bertz CT molecular complexity index is 818. The summed E-state index contributed by atoms with van der Waals surface area (Å²) < 4.78 is 7.34. The number of aliphatic imine (C=N–C) groups is 1. The number of benzene rings is 1. The molecule has 32 heavy (non-hydrogen) atoms. The fraction of sp³-hybridized carbons (Fsp3) is 0.625. The normalized spacial score (nSPS) is 17.3. The number of nitrogens with one attached hydrogen (secondary N) is 2. The minimum atomic E-state index is 0.620. The third-order valence-corrected chi connectivity index (χ3v) is 6.09. The maximum atomic E-state index is 5.25. The quantitative estimate of drug-likeness (QED) is 0.317. The third-order valence-electron chi connectivity index (χ3n) is 6.09. The zero-order valence-corrected chi connectivity index (χ0v) is 19.9. The SMILES string of the molecule is CCc1nncn1CCNC(=NCc1ccc(OC)cc1)NCCCN1CCCCC1C. The van der Waals surface area contributed by atoms with Crippen LogP contribution < -0.4 is 15.4 Å². The summed E-state index contributed by atoms with van der Waals surface area (Å²) in [7, 11) is 1.68. The fourth-order valence-corrected chi connectivity index (χ4v) is 4.09. The summed E-state index contributed by atoms with van der Waals surface area (Å²) in [5.74, 6) is 2.72. The minimum Gasteiger partial charge on any atom is -0.497 e. The third kappa shape index (κ3) is 7.51. The second kappa shape index (κ2) is 13.1. The van der Waals surface area contributed by atoms with Crippen molar-refractivity contribution in [1.29, 1.82) is 0 Å². The minimum absolute atomic E-state index is 0.620. The molecule has 0 amide bonds. The molecule has 1 unspecified atom stereocenters. The molecular weight excluding hydrogens is 402 g/mol. The molecule has 1 aliphatic rings. The van der Waals surface area contributed by atoms with Gasteiger partial charge in [0.1, 0.15) is 17.9 Å². The Hall–Kier alpha value is -2.61. The van der Waals surface area contributed by atoms with Gasteiger partial charge in [0.25, 0.3) is 0 Å². The van der Waals surface area contributed by atoms with Gasteiger partial charge in [-0.3, -0.25) is 0 Å². The monoisotopic (exact) mass is 441 g/mol. The first kappa shape index (κ1) is 24.0. The van der Waals surface area contributed by atoms with E-state index in [1.54, 1.807) is 13.4 Å². The molecule has 1 aliphatic heterocycles. The van der Waals surface area contributed by atoms with Crippen LogP contribution in [0.5, 0.6) is 5.75 Å². The van der Waals surface area contributed by atoms with Crippen LogP contribution in [-0.4, -0.2) is 65.0 Å². The van der Waals surface area contributed by atoms with Gasteiger partial charge in [0.15, 0.2) is 5.96 Å². The summed E-state index contributed by atoms with van der Waals surface area (Å²) in [4.78, 5) is 7.43. The second-order valence-corrected chi connectivity index (χ2v) is 8.39. The van der Waals surface area contributed by atoms with Crippen molar-refractivity contribution < 1.29 is 4.74 Å². The van der Waals surface area contributed by atoms with Crippen LogP contribution in [0.2, 0.25) is 0 Å². The number of likely N-dealkylation sites (tertiary alicyclic amines) is 1.